The van der Waals surface area contributed by atoms with Crippen LogP contribution in [0.2, 0.25) is 0 Å². The molecule has 0 spiro atoms. The third-order valence-corrected chi connectivity index (χ3v) is 3.74. The molecule has 1 N–H and O–H groups in total. The van der Waals surface area contributed by atoms with Crippen molar-refractivity contribution in [3.63, 3.8) is 0 Å². The van der Waals surface area contributed by atoms with Crippen molar-refractivity contribution in [1.82, 2.24) is 4.98 Å². The van der Waals surface area contributed by atoms with Crippen LogP contribution in [0, 0.1) is 0 Å². The van der Waals surface area contributed by atoms with Gasteiger partial charge in [-0.2, -0.15) is 0 Å². The van der Waals surface area contributed by atoms with Gasteiger partial charge in [-0.3, -0.25) is 4.98 Å². The van der Waals surface area contributed by atoms with E-state index in [0.29, 0.717) is 13.0 Å². The Balaban J connectivity index is 2.15. The molecule has 2 atom stereocenters. The number of rotatable bonds is 5. The fourth-order valence-electron chi connectivity index (χ4n) is 2.64. The molecule has 4 heteroatoms. The summed E-state index contributed by atoms with van der Waals surface area (Å²) in [5.41, 5.74) is 0.000173. The normalized spacial score (nSPS) is 27.2. The second-order valence-corrected chi connectivity index (χ2v) is 5.24. The van der Waals surface area contributed by atoms with Crippen LogP contribution >= 0.6 is 0 Å². The molecule has 0 radical (unpaired) electrons. The first-order chi connectivity index (χ1) is 9.18. The van der Waals surface area contributed by atoms with E-state index in [1.807, 2.05) is 6.07 Å². The minimum atomic E-state index is -0.836. The van der Waals surface area contributed by atoms with Crippen LogP contribution < -0.4 is 4.74 Å². The lowest BCUT2D eigenvalue weighted by Crippen LogP contribution is -2.36. The van der Waals surface area contributed by atoms with Gasteiger partial charge in [0.05, 0.1) is 24.5 Å². The van der Waals surface area contributed by atoms with Crippen molar-refractivity contribution in [2.24, 2.45) is 0 Å². The fraction of sp³-hybridized carbons (Fsp3) is 0.667. The Hall–Kier alpha value is -1.13. The van der Waals surface area contributed by atoms with Crippen LogP contribution in [0.5, 0.6) is 5.75 Å². The Kier molecular flexibility index (Phi) is 4.77. The quantitative estimate of drug-likeness (QED) is 0.889. The van der Waals surface area contributed by atoms with E-state index in [0.717, 1.165) is 37.0 Å². The summed E-state index contributed by atoms with van der Waals surface area (Å²) >= 11 is 0. The molecule has 1 fully saturated rings. The largest absolute Gasteiger partial charge is 0.492 e. The summed E-state index contributed by atoms with van der Waals surface area (Å²) in [6.07, 6.45) is 7.87. The molecule has 4 nitrogen and oxygen atoms in total. The number of ether oxygens (including phenoxy) is 2. The molecule has 0 amide bonds. The number of aliphatic hydroxyl groups is 1. The van der Waals surface area contributed by atoms with Crippen molar-refractivity contribution in [3.8, 4) is 5.75 Å². The molecule has 106 valence electrons. The smallest absolute Gasteiger partial charge is 0.137 e. The van der Waals surface area contributed by atoms with Crippen LogP contribution in [0.15, 0.2) is 18.5 Å². The molecule has 2 rings (SSSR count). The van der Waals surface area contributed by atoms with E-state index >= 15 is 0 Å². The maximum Gasteiger partial charge on any atom is 0.137 e. The van der Waals surface area contributed by atoms with Gasteiger partial charge in [0.1, 0.15) is 5.75 Å². The summed E-state index contributed by atoms with van der Waals surface area (Å²) in [6, 6.07) is 1.90. The lowest BCUT2D eigenvalue weighted by Gasteiger charge is -2.36. The summed E-state index contributed by atoms with van der Waals surface area (Å²) in [4.78, 5) is 4.18. The molecule has 19 heavy (non-hydrogen) atoms. The molecule has 1 aromatic heterocycles. The van der Waals surface area contributed by atoms with Crippen molar-refractivity contribution in [1.29, 1.82) is 0 Å². The third-order valence-electron chi connectivity index (χ3n) is 3.74. The highest BCUT2D eigenvalue weighted by molar-refractivity contribution is 5.28. The van der Waals surface area contributed by atoms with Crippen molar-refractivity contribution in [3.05, 3.63) is 24.0 Å². The molecular weight excluding hydrogens is 242 g/mol. The van der Waals surface area contributed by atoms with Crippen molar-refractivity contribution in [2.45, 2.75) is 50.7 Å². The zero-order valence-electron chi connectivity index (χ0n) is 11.8. The van der Waals surface area contributed by atoms with Crippen molar-refractivity contribution >= 4 is 0 Å². The van der Waals surface area contributed by atoms with E-state index in [2.05, 4.69) is 11.9 Å². The van der Waals surface area contributed by atoms with E-state index in [-0.39, 0.29) is 6.10 Å². The van der Waals surface area contributed by atoms with E-state index in [1.54, 1.807) is 19.5 Å². The number of methoxy groups -OCH3 is 1. The summed E-state index contributed by atoms with van der Waals surface area (Å²) < 4.78 is 11.0. The predicted molar refractivity (Wildman–Crippen MR) is 73.2 cm³/mol. The Labute approximate surface area is 114 Å². The average Bonchev–Trinajstić information content (AvgIpc) is 2.45. The van der Waals surface area contributed by atoms with E-state index in [4.69, 9.17) is 9.47 Å². The molecule has 1 aliphatic rings. The van der Waals surface area contributed by atoms with E-state index < -0.39 is 5.60 Å². The molecular formula is C15H23NO3. The van der Waals surface area contributed by atoms with Gasteiger partial charge in [0, 0.05) is 25.3 Å². The van der Waals surface area contributed by atoms with E-state index in [9.17, 15) is 5.11 Å². The molecule has 1 saturated carbocycles. The van der Waals surface area contributed by atoms with Crippen LogP contribution in [0.1, 0.15) is 44.6 Å². The maximum absolute atomic E-state index is 10.8. The van der Waals surface area contributed by atoms with Gasteiger partial charge in [0.25, 0.3) is 0 Å². The Morgan fingerprint density at radius 3 is 3.05 bits per heavy atom. The SMILES string of the molecule is CCCOc1cncc(C2(O)CCCC(OC)C2)c1. The average molecular weight is 265 g/mol. The number of hydrogen-bond acceptors (Lipinski definition) is 4. The maximum atomic E-state index is 10.8. The van der Waals surface area contributed by atoms with Crippen LogP contribution in [0.3, 0.4) is 0 Å². The van der Waals surface area contributed by atoms with Crippen molar-refractivity contribution < 1.29 is 14.6 Å². The summed E-state index contributed by atoms with van der Waals surface area (Å²) in [7, 11) is 1.70. The highest BCUT2D eigenvalue weighted by atomic mass is 16.5. The van der Waals surface area contributed by atoms with Gasteiger partial charge in [-0.15, -0.1) is 0 Å². The second kappa shape index (κ2) is 6.35. The minimum Gasteiger partial charge on any atom is -0.492 e. The first-order valence-electron chi connectivity index (χ1n) is 7.01. The topological polar surface area (TPSA) is 51.6 Å². The third kappa shape index (κ3) is 3.45. The molecule has 1 aromatic rings. The molecule has 0 aliphatic heterocycles. The monoisotopic (exact) mass is 265 g/mol. The highest BCUT2D eigenvalue weighted by Gasteiger charge is 2.36. The highest BCUT2D eigenvalue weighted by Crippen LogP contribution is 2.38. The number of pyridine rings is 1. The van der Waals surface area contributed by atoms with Crippen molar-refractivity contribution in [2.75, 3.05) is 13.7 Å². The zero-order valence-corrected chi connectivity index (χ0v) is 11.8. The van der Waals surface area contributed by atoms with Gasteiger partial charge >= 0.3 is 0 Å². The molecule has 0 saturated heterocycles. The minimum absolute atomic E-state index is 0.124. The number of aromatic nitrogens is 1. The fourth-order valence-corrected chi connectivity index (χ4v) is 2.64. The molecule has 1 heterocycles. The molecule has 0 aromatic carbocycles. The molecule has 1 aliphatic carbocycles. The van der Waals surface area contributed by atoms with Gasteiger partial charge in [-0.05, 0) is 31.7 Å². The number of nitrogens with zero attached hydrogens (tertiary/aromatic N) is 1. The Morgan fingerprint density at radius 1 is 1.47 bits per heavy atom. The van der Waals surface area contributed by atoms with Crippen LogP contribution in [0.4, 0.5) is 0 Å². The number of hydrogen-bond donors (Lipinski definition) is 1. The first-order valence-corrected chi connectivity index (χ1v) is 7.01. The van der Waals surface area contributed by atoms with Gasteiger partial charge < -0.3 is 14.6 Å². The summed E-state index contributed by atoms with van der Waals surface area (Å²) in [5.74, 6) is 0.729. The lowest BCUT2D eigenvalue weighted by atomic mass is 9.79. The molecule has 0 bridgehead atoms. The van der Waals surface area contributed by atoms with Crippen LogP contribution in [-0.4, -0.2) is 29.9 Å². The Bertz CT molecular complexity index is 410. The zero-order chi connectivity index (χ0) is 13.7. The second-order valence-electron chi connectivity index (χ2n) is 5.24. The lowest BCUT2D eigenvalue weighted by molar-refractivity contribution is -0.0634. The van der Waals surface area contributed by atoms with Gasteiger partial charge in [-0.1, -0.05) is 6.92 Å². The standard InChI is InChI=1S/C15H23NO3/c1-3-7-19-14-8-12(10-16-11-14)15(17)6-4-5-13(9-15)18-2/h8,10-11,13,17H,3-7,9H2,1-2H3. The summed E-state index contributed by atoms with van der Waals surface area (Å²) in [5, 5.41) is 10.8. The first kappa shape index (κ1) is 14.3. The van der Waals surface area contributed by atoms with Crippen LogP contribution in [-0.2, 0) is 10.3 Å². The molecule has 2 unspecified atom stereocenters. The Morgan fingerprint density at radius 2 is 2.32 bits per heavy atom. The predicted octanol–water partition coefficient (Wildman–Crippen LogP) is 2.65. The van der Waals surface area contributed by atoms with Gasteiger partial charge in [-0.25, -0.2) is 0 Å². The summed E-state index contributed by atoms with van der Waals surface area (Å²) in [6.45, 7) is 2.74. The van der Waals surface area contributed by atoms with Gasteiger partial charge in [0.15, 0.2) is 0 Å². The van der Waals surface area contributed by atoms with Gasteiger partial charge in [0.2, 0.25) is 0 Å². The van der Waals surface area contributed by atoms with Crippen LogP contribution in [0.25, 0.3) is 0 Å². The van der Waals surface area contributed by atoms with E-state index in [1.165, 1.54) is 0 Å².